The number of nitrogens with zero attached hydrogens (tertiary/aromatic N) is 4. The molecule has 2 aromatic heterocycles. The maximum absolute atomic E-state index is 13.0. The van der Waals surface area contributed by atoms with E-state index in [2.05, 4.69) is 26.6 Å². The molecule has 1 aromatic carbocycles. The Bertz CT molecular complexity index is 1170. The summed E-state index contributed by atoms with van der Waals surface area (Å²) in [5.41, 5.74) is 1.90. The lowest BCUT2D eigenvalue weighted by molar-refractivity contribution is -0.132. The number of carbonyl (C=O) groups is 1. The van der Waals surface area contributed by atoms with Crippen molar-refractivity contribution in [2.45, 2.75) is 38.6 Å². The van der Waals surface area contributed by atoms with Gasteiger partial charge in [0.1, 0.15) is 10.7 Å². The topological polar surface area (TPSA) is 72.5 Å². The number of likely N-dealkylation sites (tertiary alicyclic amines) is 1. The lowest BCUT2D eigenvalue weighted by Gasteiger charge is -2.37. The molecule has 4 heterocycles. The van der Waals surface area contributed by atoms with E-state index in [0.717, 1.165) is 68.1 Å². The van der Waals surface area contributed by atoms with Crippen LogP contribution in [0.25, 0.3) is 21.3 Å². The SMILES string of the molecule is C[C@@H](c1nc2scc(-c3ccccc3)c2c(=O)[nH]1)N1CCN(CC(=O)N2CCCCCC2)CC1. The number of nitrogens with one attached hydrogen (secondary N) is 1. The van der Waals surface area contributed by atoms with Crippen LogP contribution in [0.15, 0.2) is 40.5 Å². The van der Waals surface area contributed by atoms with Gasteiger partial charge in [-0.15, -0.1) is 11.3 Å². The van der Waals surface area contributed by atoms with Crippen molar-refractivity contribution in [3.63, 3.8) is 0 Å². The van der Waals surface area contributed by atoms with E-state index in [1.807, 2.05) is 35.7 Å². The molecule has 2 saturated heterocycles. The highest BCUT2D eigenvalue weighted by atomic mass is 32.1. The molecular formula is C26H33N5O2S. The molecule has 3 aromatic rings. The number of thiophene rings is 1. The van der Waals surface area contributed by atoms with E-state index in [1.54, 1.807) is 0 Å². The van der Waals surface area contributed by atoms with Crippen molar-refractivity contribution in [1.82, 2.24) is 24.7 Å². The van der Waals surface area contributed by atoms with Crippen LogP contribution in [0.5, 0.6) is 0 Å². The van der Waals surface area contributed by atoms with Crippen molar-refractivity contribution in [1.29, 1.82) is 0 Å². The molecule has 2 fully saturated rings. The van der Waals surface area contributed by atoms with E-state index < -0.39 is 0 Å². The molecule has 5 rings (SSSR count). The number of hydrogen-bond acceptors (Lipinski definition) is 6. The van der Waals surface area contributed by atoms with Crippen molar-refractivity contribution >= 4 is 27.5 Å². The Hall–Kier alpha value is -2.55. The largest absolute Gasteiger partial charge is 0.342 e. The highest BCUT2D eigenvalue weighted by Crippen LogP contribution is 2.31. The standard InChI is InChI=1S/C26H33N5O2S/c1-19(30-15-13-29(14-16-30)17-22(32)31-11-7-2-3-8-12-31)24-27-25(33)23-21(18-34-26(23)28-24)20-9-5-4-6-10-20/h4-6,9-10,18-19H,2-3,7-8,11-17H2,1H3,(H,27,28,33)/t19-/m0/s1. The van der Waals surface area contributed by atoms with Gasteiger partial charge < -0.3 is 9.88 Å². The first-order valence-corrected chi connectivity index (χ1v) is 13.3. The normalized spacial score (nSPS) is 19.3. The highest BCUT2D eigenvalue weighted by molar-refractivity contribution is 7.17. The number of hydrogen-bond donors (Lipinski definition) is 1. The Morgan fingerprint density at radius 3 is 2.44 bits per heavy atom. The van der Waals surface area contributed by atoms with Gasteiger partial charge in [0.05, 0.1) is 18.0 Å². The molecule has 8 heteroatoms. The summed E-state index contributed by atoms with van der Waals surface area (Å²) < 4.78 is 0. The zero-order valence-electron chi connectivity index (χ0n) is 19.8. The first-order chi connectivity index (χ1) is 16.6. The van der Waals surface area contributed by atoms with Crippen LogP contribution in [0.4, 0.5) is 0 Å². The van der Waals surface area contributed by atoms with Crippen LogP contribution in [-0.2, 0) is 4.79 Å². The Morgan fingerprint density at radius 2 is 1.74 bits per heavy atom. The van der Waals surface area contributed by atoms with Crippen molar-refractivity contribution in [2.75, 3.05) is 45.8 Å². The lowest BCUT2D eigenvalue weighted by Crippen LogP contribution is -2.50. The van der Waals surface area contributed by atoms with Crippen LogP contribution in [-0.4, -0.2) is 76.4 Å². The summed E-state index contributed by atoms with van der Waals surface area (Å²) in [6, 6.07) is 10.0. The molecule has 0 bridgehead atoms. The van der Waals surface area contributed by atoms with Gasteiger partial charge >= 0.3 is 0 Å². The molecule has 0 spiro atoms. The number of fused-ring (bicyclic) bond motifs is 1. The van der Waals surface area contributed by atoms with Crippen LogP contribution < -0.4 is 5.56 Å². The minimum absolute atomic E-state index is 0.0165. The minimum atomic E-state index is -0.0753. The summed E-state index contributed by atoms with van der Waals surface area (Å²) in [4.78, 5) is 41.1. The Labute approximate surface area is 204 Å². The van der Waals surface area contributed by atoms with Gasteiger partial charge in [0.15, 0.2) is 0 Å². The van der Waals surface area contributed by atoms with Crippen LogP contribution in [0.1, 0.15) is 44.5 Å². The van der Waals surface area contributed by atoms with Gasteiger partial charge in [-0.2, -0.15) is 0 Å². The summed E-state index contributed by atoms with van der Waals surface area (Å²) in [5, 5.41) is 2.69. The summed E-state index contributed by atoms with van der Waals surface area (Å²) in [6.07, 6.45) is 4.73. The predicted molar refractivity (Wildman–Crippen MR) is 137 cm³/mol. The summed E-state index contributed by atoms with van der Waals surface area (Å²) in [6.45, 7) is 7.86. The highest BCUT2D eigenvalue weighted by Gasteiger charge is 2.26. The van der Waals surface area contributed by atoms with Crippen molar-refractivity contribution in [3.8, 4) is 11.1 Å². The van der Waals surface area contributed by atoms with E-state index >= 15 is 0 Å². The molecule has 2 aliphatic heterocycles. The number of H-pyrrole nitrogens is 1. The third-order valence-electron chi connectivity index (χ3n) is 7.22. The zero-order valence-corrected chi connectivity index (χ0v) is 20.6. The Kier molecular flexibility index (Phi) is 7.08. The fourth-order valence-corrected chi connectivity index (χ4v) is 6.04. The first kappa shape index (κ1) is 23.2. The molecule has 7 nitrogen and oxygen atoms in total. The second kappa shape index (κ2) is 10.4. The molecule has 34 heavy (non-hydrogen) atoms. The molecular weight excluding hydrogens is 446 g/mol. The maximum Gasteiger partial charge on any atom is 0.260 e. The molecule has 0 saturated carbocycles. The molecule has 1 N–H and O–H groups in total. The van der Waals surface area contributed by atoms with Gasteiger partial charge in [0.25, 0.3) is 5.56 Å². The summed E-state index contributed by atoms with van der Waals surface area (Å²) >= 11 is 1.52. The van der Waals surface area contributed by atoms with Crippen LogP contribution in [0.2, 0.25) is 0 Å². The second-order valence-electron chi connectivity index (χ2n) is 9.43. The van der Waals surface area contributed by atoms with E-state index in [4.69, 9.17) is 4.98 Å². The number of benzene rings is 1. The van der Waals surface area contributed by atoms with Gasteiger partial charge in [0, 0.05) is 50.2 Å². The molecule has 0 aliphatic carbocycles. The van der Waals surface area contributed by atoms with E-state index in [1.165, 1.54) is 24.2 Å². The van der Waals surface area contributed by atoms with Crippen LogP contribution in [0.3, 0.4) is 0 Å². The Morgan fingerprint density at radius 1 is 1.03 bits per heavy atom. The van der Waals surface area contributed by atoms with Crippen LogP contribution in [0, 0.1) is 0 Å². The summed E-state index contributed by atoms with van der Waals surface area (Å²) in [5.74, 6) is 0.986. The molecule has 180 valence electrons. The Balaban J connectivity index is 1.23. The first-order valence-electron chi connectivity index (χ1n) is 12.4. The second-order valence-corrected chi connectivity index (χ2v) is 10.3. The van der Waals surface area contributed by atoms with Crippen molar-refractivity contribution in [3.05, 3.63) is 51.9 Å². The molecule has 1 atom stereocenters. The molecule has 0 radical (unpaired) electrons. The number of amides is 1. The van der Waals surface area contributed by atoms with Gasteiger partial charge in [-0.05, 0) is 25.3 Å². The lowest BCUT2D eigenvalue weighted by atomic mass is 10.1. The van der Waals surface area contributed by atoms with Crippen molar-refractivity contribution < 1.29 is 4.79 Å². The predicted octanol–water partition coefficient (Wildman–Crippen LogP) is 3.73. The van der Waals surface area contributed by atoms with E-state index in [9.17, 15) is 9.59 Å². The van der Waals surface area contributed by atoms with E-state index in [-0.39, 0.29) is 17.5 Å². The third kappa shape index (κ3) is 4.94. The van der Waals surface area contributed by atoms with Gasteiger partial charge in [0.2, 0.25) is 5.91 Å². The maximum atomic E-state index is 13.0. The third-order valence-corrected chi connectivity index (χ3v) is 8.09. The fourth-order valence-electron chi connectivity index (χ4n) is 5.09. The number of carbonyl (C=O) groups excluding carboxylic acids is 1. The summed E-state index contributed by atoms with van der Waals surface area (Å²) in [7, 11) is 0. The number of piperazine rings is 1. The quantitative estimate of drug-likeness (QED) is 0.604. The van der Waals surface area contributed by atoms with Crippen LogP contribution >= 0.6 is 11.3 Å². The minimum Gasteiger partial charge on any atom is -0.342 e. The van der Waals surface area contributed by atoms with Gasteiger partial charge in [-0.1, -0.05) is 43.2 Å². The molecule has 2 aliphatic rings. The number of aromatic amines is 1. The fraction of sp³-hybridized carbons (Fsp3) is 0.500. The van der Waals surface area contributed by atoms with Crippen molar-refractivity contribution in [2.24, 2.45) is 0 Å². The average molecular weight is 480 g/mol. The zero-order chi connectivity index (χ0) is 23.5. The van der Waals surface area contributed by atoms with E-state index in [0.29, 0.717) is 17.8 Å². The molecule has 1 amide bonds. The van der Waals surface area contributed by atoms with Gasteiger partial charge in [-0.25, -0.2) is 4.98 Å². The molecule has 0 unspecified atom stereocenters. The smallest absolute Gasteiger partial charge is 0.260 e. The van der Waals surface area contributed by atoms with Gasteiger partial charge in [-0.3, -0.25) is 19.4 Å². The average Bonchev–Trinajstić information content (AvgIpc) is 3.11. The monoisotopic (exact) mass is 479 g/mol. The number of rotatable bonds is 5. The number of aromatic nitrogens is 2.